The minimum absolute atomic E-state index is 0. The van der Waals surface area contributed by atoms with E-state index >= 15 is 0 Å². The summed E-state index contributed by atoms with van der Waals surface area (Å²) < 4.78 is 0. The highest BCUT2D eigenvalue weighted by molar-refractivity contribution is 5.85. The fourth-order valence-electron chi connectivity index (χ4n) is 1.25. The number of rotatable bonds is 0. The lowest BCUT2D eigenvalue weighted by Gasteiger charge is -2.36. The largest absolute Gasteiger partial charge is 0.316 e. The summed E-state index contributed by atoms with van der Waals surface area (Å²) in [7, 11) is 0. The van der Waals surface area contributed by atoms with Gasteiger partial charge in [0.15, 0.2) is 0 Å². The molecule has 0 radical (unpaired) electrons. The van der Waals surface area contributed by atoms with E-state index in [9.17, 15) is 0 Å². The summed E-state index contributed by atoms with van der Waals surface area (Å²) in [6.07, 6.45) is 1.33. The van der Waals surface area contributed by atoms with E-state index in [0.717, 1.165) is 5.92 Å². The van der Waals surface area contributed by atoms with Crippen LogP contribution in [0.1, 0.15) is 27.2 Å². The van der Waals surface area contributed by atoms with Gasteiger partial charge in [-0.15, -0.1) is 12.4 Å². The van der Waals surface area contributed by atoms with Crippen LogP contribution in [-0.2, 0) is 0 Å². The second-order valence-corrected chi connectivity index (χ2v) is 3.84. The van der Waals surface area contributed by atoms with Crippen molar-refractivity contribution in [1.82, 2.24) is 5.32 Å². The van der Waals surface area contributed by atoms with Crippen LogP contribution in [0, 0.1) is 11.3 Å². The van der Waals surface area contributed by atoms with Crippen LogP contribution in [0.25, 0.3) is 0 Å². The Balaban J connectivity index is 0.000000810. The number of halogens is 1. The predicted molar refractivity (Wildman–Crippen MR) is 47.7 cm³/mol. The fraction of sp³-hybridized carbons (Fsp3) is 1.00. The monoisotopic (exact) mass is 163 g/mol. The second kappa shape index (κ2) is 3.59. The minimum Gasteiger partial charge on any atom is -0.316 e. The van der Waals surface area contributed by atoms with Crippen LogP contribution in [0.2, 0.25) is 0 Å². The van der Waals surface area contributed by atoms with E-state index in [1.165, 1.54) is 19.5 Å². The zero-order chi connectivity index (χ0) is 6.91. The topological polar surface area (TPSA) is 12.0 Å². The highest BCUT2D eigenvalue weighted by Gasteiger charge is 2.27. The number of piperidine rings is 1. The molecule has 1 aliphatic heterocycles. The summed E-state index contributed by atoms with van der Waals surface area (Å²) in [5, 5.41) is 3.39. The lowest BCUT2D eigenvalue weighted by atomic mass is 9.75. The van der Waals surface area contributed by atoms with Gasteiger partial charge in [-0.25, -0.2) is 0 Å². The maximum absolute atomic E-state index is 3.39. The van der Waals surface area contributed by atoms with Gasteiger partial charge >= 0.3 is 0 Å². The van der Waals surface area contributed by atoms with Crippen molar-refractivity contribution in [2.24, 2.45) is 11.3 Å². The van der Waals surface area contributed by atoms with Gasteiger partial charge in [0.1, 0.15) is 0 Å². The summed E-state index contributed by atoms with van der Waals surface area (Å²) in [6, 6.07) is 0. The Morgan fingerprint density at radius 1 is 1.40 bits per heavy atom. The van der Waals surface area contributed by atoms with Gasteiger partial charge in [-0.2, -0.15) is 0 Å². The van der Waals surface area contributed by atoms with Crippen LogP contribution in [-0.4, -0.2) is 13.1 Å². The van der Waals surface area contributed by atoms with Gasteiger partial charge in [-0.05, 0) is 30.8 Å². The SMILES string of the molecule is CC1CNCCC1(C)C.Cl. The molecule has 0 amide bonds. The van der Waals surface area contributed by atoms with Gasteiger partial charge in [-0.1, -0.05) is 20.8 Å². The Hall–Kier alpha value is 0.250. The average molecular weight is 164 g/mol. The molecule has 62 valence electrons. The van der Waals surface area contributed by atoms with Gasteiger partial charge in [-0.3, -0.25) is 0 Å². The number of hydrogen-bond acceptors (Lipinski definition) is 1. The molecule has 1 aliphatic rings. The molecule has 0 spiro atoms. The Kier molecular flexibility index (Phi) is 3.68. The maximum atomic E-state index is 3.39. The first-order chi connectivity index (χ1) is 4.13. The molecule has 1 fully saturated rings. The van der Waals surface area contributed by atoms with Gasteiger partial charge in [0.25, 0.3) is 0 Å². The zero-order valence-electron chi connectivity index (χ0n) is 7.11. The summed E-state index contributed by atoms with van der Waals surface area (Å²) in [4.78, 5) is 0. The maximum Gasteiger partial charge on any atom is -0.00180 e. The van der Waals surface area contributed by atoms with Crippen molar-refractivity contribution in [2.45, 2.75) is 27.2 Å². The molecule has 1 atom stereocenters. The molecule has 0 aromatic rings. The van der Waals surface area contributed by atoms with E-state index < -0.39 is 0 Å². The third-order valence-electron chi connectivity index (χ3n) is 2.73. The second-order valence-electron chi connectivity index (χ2n) is 3.84. The highest BCUT2D eigenvalue weighted by atomic mass is 35.5. The molecule has 1 N–H and O–H groups in total. The third kappa shape index (κ3) is 2.14. The quantitative estimate of drug-likeness (QED) is 0.577. The number of hydrogen-bond donors (Lipinski definition) is 1. The van der Waals surface area contributed by atoms with Gasteiger partial charge in [0.2, 0.25) is 0 Å². The van der Waals surface area contributed by atoms with Crippen molar-refractivity contribution < 1.29 is 0 Å². The molecular formula is C8H18ClN. The van der Waals surface area contributed by atoms with Gasteiger partial charge in [0, 0.05) is 0 Å². The van der Waals surface area contributed by atoms with E-state index in [1.807, 2.05) is 0 Å². The summed E-state index contributed by atoms with van der Waals surface area (Å²) in [5.41, 5.74) is 0.575. The van der Waals surface area contributed by atoms with Crippen molar-refractivity contribution in [3.8, 4) is 0 Å². The van der Waals surface area contributed by atoms with Crippen LogP contribution in [0.4, 0.5) is 0 Å². The lowest BCUT2D eigenvalue weighted by Crippen LogP contribution is -2.40. The first-order valence-corrected chi connectivity index (χ1v) is 3.83. The Labute approximate surface area is 70.0 Å². The molecule has 1 rings (SSSR count). The first kappa shape index (κ1) is 10.2. The summed E-state index contributed by atoms with van der Waals surface area (Å²) >= 11 is 0. The van der Waals surface area contributed by atoms with E-state index in [2.05, 4.69) is 26.1 Å². The Morgan fingerprint density at radius 2 is 2.00 bits per heavy atom. The van der Waals surface area contributed by atoms with Crippen LogP contribution in [0.5, 0.6) is 0 Å². The molecule has 1 saturated heterocycles. The highest BCUT2D eigenvalue weighted by Crippen LogP contribution is 2.31. The van der Waals surface area contributed by atoms with Gasteiger partial charge in [0.05, 0.1) is 0 Å². The third-order valence-corrected chi connectivity index (χ3v) is 2.73. The van der Waals surface area contributed by atoms with Crippen LogP contribution >= 0.6 is 12.4 Å². The molecular weight excluding hydrogens is 146 g/mol. The molecule has 1 unspecified atom stereocenters. The van der Waals surface area contributed by atoms with Crippen LogP contribution in [0.15, 0.2) is 0 Å². The van der Waals surface area contributed by atoms with Crippen molar-refractivity contribution in [1.29, 1.82) is 0 Å². The molecule has 2 heteroatoms. The predicted octanol–water partition coefficient (Wildman–Crippen LogP) is 2.06. The normalized spacial score (nSPS) is 30.9. The lowest BCUT2D eigenvalue weighted by molar-refractivity contribution is 0.169. The van der Waals surface area contributed by atoms with Gasteiger partial charge < -0.3 is 5.32 Å². The smallest absolute Gasteiger partial charge is 0.00180 e. The van der Waals surface area contributed by atoms with Crippen molar-refractivity contribution >= 4 is 12.4 Å². The molecule has 1 nitrogen and oxygen atoms in total. The van der Waals surface area contributed by atoms with E-state index in [4.69, 9.17) is 0 Å². The van der Waals surface area contributed by atoms with Crippen molar-refractivity contribution in [2.75, 3.05) is 13.1 Å². The molecule has 0 aromatic heterocycles. The molecule has 10 heavy (non-hydrogen) atoms. The molecule has 0 aromatic carbocycles. The molecule has 0 bridgehead atoms. The number of nitrogens with one attached hydrogen (secondary N) is 1. The zero-order valence-corrected chi connectivity index (χ0v) is 7.92. The van der Waals surface area contributed by atoms with Crippen molar-refractivity contribution in [3.05, 3.63) is 0 Å². The van der Waals surface area contributed by atoms with Crippen molar-refractivity contribution in [3.63, 3.8) is 0 Å². The van der Waals surface area contributed by atoms with E-state index in [1.54, 1.807) is 0 Å². The standard InChI is InChI=1S/C8H17N.ClH/c1-7-6-9-5-4-8(7,2)3;/h7,9H,4-6H2,1-3H3;1H. The molecule has 0 saturated carbocycles. The van der Waals surface area contributed by atoms with E-state index in [0.29, 0.717) is 5.41 Å². The molecule has 0 aliphatic carbocycles. The Bertz CT molecular complexity index is 101. The van der Waals surface area contributed by atoms with E-state index in [-0.39, 0.29) is 12.4 Å². The summed E-state index contributed by atoms with van der Waals surface area (Å²) in [6.45, 7) is 9.45. The Morgan fingerprint density at radius 3 is 2.30 bits per heavy atom. The average Bonchev–Trinajstić information content (AvgIpc) is 1.77. The first-order valence-electron chi connectivity index (χ1n) is 3.83. The van der Waals surface area contributed by atoms with Crippen LogP contribution < -0.4 is 5.32 Å². The fourth-order valence-corrected chi connectivity index (χ4v) is 1.25. The van der Waals surface area contributed by atoms with Crippen LogP contribution in [0.3, 0.4) is 0 Å². The minimum atomic E-state index is 0. The molecule has 1 heterocycles. The summed E-state index contributed by atoms with van der Waals surface area (Å²) in [5.74, 6) is 0.839.